The van der Waals surface area contributed by atoms with Crippen molar-refractivity contribution >= 4 is 11.6 Å². The number of aliphatic hydroxyl groups excluding tert-OH is 1. The van der Waals surface area contributed by atoms with Crippen LogP contribution in [0.1, 0.15) is 25.7 Å². The topological polar surface area (TPSA) is 20.2 Å². The maximum Gasteiger partial charge on any atom is 0.285 e. The number of halogens is 3. The molecule has 0 spiro atoms. The summed E-state index contributed by atoms with van der Waals surface area (Å²) >= 11 is 5.36. The van der Waals surface area contributed by atoms with Crippen LogP contribution in [0.5, 0.6) is 0 Å². The lowest BCUT2D eigenvalue weighted by atomic mass is 9.86. The Hall–Kier alpha value is -0.150. The average molecular weight is 197 g/mol. The molecule has 1 aliphatic rings. The molecule has 0 aromatic heterocycles. The molecule has 1 rings (SSSR count). The number of aliphatic hydroxyl groups is 1. The molecule has 1 N–H and O–H groups in total. The van der Waals surface area contributed by atoms with Crippen LogP contribution in [-0.4, -0.2) is 11.2 Å². The van der Waals surface area contributed by atoms with Crippen LogP contribution in [0.3, 0.4) is 0 Å². The summed E-state index contributed by atoms with van der Waals surface area (Å²) in [5.74, 6) is -0.537. The number of rotatable bonds is 1. The van der Waals surface area contributed by atoms with E-state index in [0.717, 1.165) is 12.8 Å². The van der Waals surface area contributed by atoms with Gasteiger partial charge in [-0.3, -0.25) is 0 Å². The summed E-state index contributed by atoms with van der Waals surface area (Å²) in [5.41, 5.74) is 0. The van der Waals surface area contributed by atoms with Crippen LogP contribution in [0.25, 0.3) is 0 Å². The largest absolute Gasteiger partial charge is 0.392 e. The molecule has 0 saturated heterocycles. The molecule has 0 radical (unpaired) electrons. The first-order chi connectivity index (χ1) is 5.63. The van der Waals surface area contributed by atoms with Crippen LogP contribution < -0.4 is 0 Å². The maximum absolute atomic E-state index is 12.0. The summed E-state index contributed by atoms with van der Waals surface area (Å²) in [6.45, 7) is 0. The van der Waals surface area contributed by atoms with Gasteiger partial charge in [-0.2, -0.15) is 8.78 Å². The van der Waals surface area contributed by atoms with Gasteiger partial charge >= 0.3 is 0 Å². The molecular weight excluding hydrogens is 186 g/mol. The molecule has 12 heavy (non-hydrogen) atoms. The Balaban J connectivity index is 2.66. The minimum absolute atomic E-state index is 0.456. The van der Waals surface area contributed by atoms with Gasteiger partial charge in [0.05, 0.1) is 11.1 Å². The highest BCUT2D eigenvalue weighted by Crippen LogP contribution is 2.34. The Labute approximate surface area is 75.0 Å². The fourth-order valence-electron chi connectivity index (χ4n) is 1.55. The van der Waals surface area contributed by atoms with Gasteiger partial charge in [0, 0.05) is 5.92 Å². The summed E-state index contributed by atoms with van der Waals surface area (Å²) in [6, 6.07) is 0. The molecule has 4 heteroatoms. The lowest BCUT2D eigenvalue weighted by Gasteiger charge is -2.26. The van der Waals surface area contributed by atoms with E-state index >= 15 is 0 Å². The summed E-state index contributed by atoms with van der Waals surface area (Å²) in [6.07, 6.45) is 0.363. The van der Waals surface area contributed by atoms with Crippen LogP contribution in [0.15, 0.2) is 11.1 Å². The van der Waals surface area contributed by atoms with Gasteiger partial charge in [0.15, 0.2) is 0 Å². The third-order valence-electron chi connectivity index (χ3n) is 2.24. The standard InChI is InChI=1S/C8H11ClF2O/c9-7(8(10)11)5-3-1-2-4-6(5)12/h5-6,12H,1-4H2/t5-,6-/m0/s1. The van der Waals surface area contributed by atoms with Crippen molar-refractivity contribution in [3.05, 3.63) is 11.1 Å². The average Bonchev–Trinajstić information content (AvgIpc) is 2.04. The highest BCUT2D eigenvalue weighted by atomic mass is 35.5. The molecule has 0 aromatic rings. The van der Waals surface area contributed by atoms with Crippen molar-refractivity contribution < 1.29 is 13.9 Å². The first-order valence-corrected chi connectivity index (χ1v) is 4.39. The second-order valence-corrected chi connectivity index (χ2v) is 3.47. The summed E-state index contributed by atoms with van der Waals surface area (Å²) in [7, 11) is 0. The first kappa shape index (κ1) is 9.93. The van der Waals surface area contributed by atoms with Crippen molar-refractivity contribution in [3.63, 3.8) is 0 Å². The molecule has 0 unspecified atom stereocenters. The second-order valence-electron chi connectivity index (χ2n) is 3.07. The molecule has 0 bridgehead atoms. The van der Waals surface area contributed by atoms with Crippen molar-refractivity contribution in [2.75, 3.05) is 0 Å². The Bertz CT molecular complexity index is 189. The first-order valence-electron chi connectivity index (χ1n) is 4.01. The highest BCUT2D eigenvalue weighted by molar-refractivity contribution is 6.30. The zero-order valence-electron chi connectivity index (χ0n) is 6.56. The van der Waals surface area contributed by atoms with Gasteiger partial charge < -0.3 is 5.11 Å². The van der Waals surface area contributed by atoms with E-state index in [2.05, 4.69) is 0 Å². The predicted octanol–water partition coefficient (Wildman–Crippen LogP) is 2.88. The zero-order chi connectivity index (χ0) is 9.14. The summed E-state index contributed by atoms with van der Waals surface area (Å²) < 4.78 is 24.0. The minimum Gasteiger partial charge on any atom is -0.392 e. The van der Waals surface area contributed by atoms with Gasteiger partial charge in [0.1, 0.15) is 0 Å². The molecule has 0 amide bonds. The van der Waals surface area contributed by atoms with Crippen molar-refractivity contribution in [2.24, 2.45) is 5.92 Å². The Morgan fingerprint density at radius 2 is 1.83 bits per heavy atom. The van der Waals surface area contributed by atoms with Gasteiger partial charge in [-0.15, -0.1) is 0 Å². The van der Waals surface area contributed by atoms with Gasteiger partial charge in [0.2, 0.25) is 0 Å². The predicted molar refractivity (Wildman–Crippen MR) is 43.1 cm³/mol. The molecule has 1 nitrogen and oxygen atoms in total. The Morgan fingerprint density at radius 1 is 1.25 bits per heavy atom. The highest BCUT2D eigenvalue weighted by Gasteiger charge is 2.28. The van der Waals surface area contributed by atoms with Gasteiger partial charge in [-0.05, 0) is 12.8 Å². The van der Waals surface area contributed by atoms with Crippen LogP contribution >= 0.6 is 11.6 Å². The fraction of sp³-hybridized carbons (Fsp3) is 0.750. The third kappa shape index (κ3) is 2.17. The van der Waals surface area contributed by atoms with E-state index in [-0.39, 0.29) is 0 Å². The molecule has 2 atom stereocenters. The van der Waals surface area contributed by atoms with Gasteiger partial charge in [0.25, 0.3) is 6.08 Å². The smallest absolute Gasteiger partial charge is 0.285 e. The quantitative estimate of drug-likeness (QED) is 0.684. The maximum atomic E-state index is 12.0. The SMILES string of the molecule is O[C@H]1CCCC[C@@H]1C(Cl)=C(F)F. The molecule has 0 aliphatic heterocycles. The van der Waals surface area contributed by atoms with E-state index in [1.807, 2.05) is 0 Å². The van der Waals surface area contributed by atoms with Crippen molar-refractivity contribution in [3.8, 4) is 0 Å². The van der Waals surface area contributed by atoms with Gasteiger partial charge in [-0.1, -0.05) is 24.4 Å². The van der Waals surface area contributed by atoms with Crippen molar-refractivity contribution in [1.29, 1.82) is 0 Å². The van der Waals surface area contributed by atoms with E-state index in [1.54, 1.807) is 0 Å². The van der Waals surface area contributed by atoms with E-state index < -0.39 is 23.1 Å². The van der Waals surface area contributed by atoms with Crippen LogP contribution in [0, 0.1) is 5.92 Å². The number of hydrogen-bond acceptors (Lipinski definition) is 1. The molecule has 70 valence electrons. The lowest BCUT2D eigenvalue weighted by molar-refractivity contribution is 0.0882. The van der Waals surface area contributed by atoms with Crippen LogP contribution in [-0.2, 0) is 0 Å². The zero-order valence-corrected chi connectivity index (χ0v) is 7.32. The summed E-state index contributed by atoms with van der Waals surface area (Å²) in [4.78, 5) is 0. The lowest BCUT2D eigenvalue weighted by Crippen LogP contribution is -2.24. The van der Waals surface area contributed by atoms with Crippen LogP contribution in [0.4, 0.5) is 8.78 Å². The molecular formula is C8H11ClF2O. The van der Waals surface area contributed by atoms with Gasteiger partial charge in [-0.25, -0.2) is 0 Å². The minimum atomic E-state index is -1.86. The fourth-order valence-corrected chi connectivity index (χ4v) is 1.80. The molecule has 1 fully saturated rings. The Morgan fingerprint density at radius 3 is 2.33 bits per heavy atom. The molecule has 0 aromatic carbocycles. The summed E-state index contributed by atoms with van der Waals surface area (Å²) in [5, 5.41) is 8.88. The van der Waals surface area contributed by atoms with E-state index in [0.29, 0.717) is 12.8 Å². The van der Waals surface area contributed by atoms with Crippen LogP contribution in [0.2, 0.25) is 0 Å². The Kier molecular flexibility index (Phi) is 3.47. The van der Waals surface area contributed by atoms with E-state index in [9.17, 15) is 13.9 Å². The van der Waals surface area contributed by atoms with Crippen molar-refractivity contribution in [2.45, 2.75) is 31.8 Å². The van der Waals surface area contributed by atoms with Crippen molar-refractivity contribution in [1.82, 2.24) is 0 Å². The van der Waals surface area contributed by atoms with E-state index in [1.165, 1.54) is 0 Å². The third-order valence-corrected chi connectivity index (χ3v) is 2.66. The molecule has 0 heterocycles. The molecule has 1 saturated carbocycles. The second kappa shape index (κ2) is 4.19. The monoisotopic (exact) mass is 196 g/mol. The number of hydrogen-bond donors (Lipinski definition) is 1. The van der Waals surface area contributed by atoms with E-state index in [4.69, 9.17) is 11.6 Å². The molecule has 1 aliphatic carbocycles. The normalized spacial score (nSPS) is 30.0.